The summed E-state index contributed by atoms with van der Waals surface area (Å²) in [5, 5.41) is 3.31. The van der Waals surface area contributed by atoms with Crippen molar-refractivity contribution in [1.29, 1.82) is 0 Å². The van der Waals surface area contributed by atoms with Crippen molar-refractivity contribution in [2.45, 2.75) is 57.8 Å². The fraction of sp³-hybridized carbons (Fsp3) is 0.571. The summed E-state index contributed by atoms with van der Waals surface area (Å²) in [6, 6.07) is 3.08. The monoisotopic (exact) mass is 412 g/mol. The molecule has 0 amide bonds. The van der Waals surface area contributed by atoms with Crippen molar-refractivity contribution < 1.29 is 17.6 Å². The number of hydrogen-bond acceptors (Lipinski definition) is 3. The van der Waals surface area contributed by atoms with Gasteiger partial charge in [0.15, 0.2) is 0 Å². The van der Waals surface area contributed by atoms with Crippen molar-refractivity contribution >= 4 is 0 Å². The zero-order valence-corrected chi connectivity index (χ0v) is 16.8. The largest absolute Gasteiger partial charge is 0.419 e. The maximum Gasteiger partial charge on any atom is 0.419 e. The molecular formula is C21H28F4N4. The molecule has 29 heavy (non-hydrogen) atoms. The minimum absolute atomic E-state index is 0.0318. The normalized spacial score (nSPS) is 17.1. The molecule has 8 heteroatoms. The average molecular weight is 412 g/mol. The number of hydrogen-bond donors (Lipinski definition) is 2. The summed E-state index contributed by atoms with van der Waals surface area (Å²) >= 11 is 0. The van der Waals surface area contributed by atoms with Crippen LogP contribution < -0.4 is 11.1 Å². The standard InChI is InChI=1S/C21H28F4N4/c1-13(2)18(26)7-10-29-12-19(28-20(29)14-5-8-27-9-6-14)15-3-4-17(22)16(11-15)21(23,24)25/h3-4,11-14,18,27H,5-10,26H2,1-2H3. The molecule has 0 spiro atoms. The van der Waals surface area contributed by atoms with Gasteiger partial charge in [0.05, 0.1) is 11.3 Å². The molecule has 1 aromatic heterocycles. The predicted molar refractivity (Wildman–Crippen MR) is 105 cm³/mol. The SMILES string of the molecule is CC(C)C(N)CCn1cc(-c2ccc(F)c(C(F)(F)F)c2)nc1C1CCNCC1. The predicted octanol–water partition coefficient (Wildman–Crippen LogP) is 4.55. The van der Waals surface area contributed by atoms with E-state index in [1.54, 1.807) is 6.20 Å². The van der Waals surface area contributed by atoms with Gasteiger partial charge in [-0.25, -0.2) is 9.37 Å². The molecule has 0 bridgehead atoms. The number of nitrogens with two attached hydrogens (primary N) is 1. The molecule has 2 heterocycles. The molecule has 1 saturated heterocycles. The summed E-state index contributed by atoms with van der Waals surface area (Å²) in [7, 11) is 0. The van der Waals surface area contributed by atoms with E-state index in [0.717, 1.165) is 50.3 Å². The summed E-state index contributed by atoms with van der Waals surface area (Å²) in [5.41, 5.74) is 5.61. The quantitative estimate of drug-likeness (QED) is 0.685. The Balaban J connectivity index is 1.95. The van der Waals surface area contributed by atoms with Crippen LogP contribution in [0.15, 0.2) is 24.4 Å². The molecular weight excluding hydrogens is 384 g/mol. The van der Waals surface area contributed by atoms with Gasteiger partial charge < -0.3 is 15.6 Å². The Morgan fingerprint density at radius 2 is 1.93 bits per heavy atom. The number of benzene rings is 1. The number of aryl methyl sites for hydroxylation is 1. The zero-order chi connectivity index (χ0) is 21.2. The van der Waals surface area contributed by atoms with Crippen molar-refractivity contribution in [1.82, 2.24) is 14.9 Å². The van der Waals surface area contributed by atoms with Crippen LogP contribution in [0.5, 0.6) is 0 Å². The van der Waals surface area contributed by atoms with Gasteiger partial charge in [-0.05, 0) is 56.5 Å². The van der Waals surface area contributed by atoms with E-state index in [1.807, 2.05) is 4.57 Å². The van der Waals surface area contributed by atoms with Crippen LogP contribution in [-0.4, -0.2) is 28.7 Å². The molecule has 1 atom stereocenters. The number of aromatic nitrogens is 2. The highest BCUT2D eigenvalue weighted by Crippen LogP contribution is 2.35. The number of piperidine rings is 1. The second-order valence-electron chi connectivity index (χ2n) is 8.09. The van der Waals surface area contributed by atoms with Crippen LogP contribution in [0, 0.1) is 11.7 Å². The van der Waals surface area contributed by atoms with Gasteiger partial charge >= 0.3 is 6.18 Å². The number of nitrogens with one attached hydrogen (secondary N) is 1. The summed E-state index contributed by atoms with van der Waals surface area (Å²) < 4.78 is 55.0. The smallest absolute Gasteiger partial charge is 0.334 e. The zero-order valence-electron chi connectivity index (χ0n) is 16.8. The average Bonchev–Trinajstić information content (AvgIpc) is 3.10. The van der Waals surface area contributed by atoms with Gasteiger partial charge in [-0.1, -0.05) is 13.8 Å². The van der Waals surface area contributed by atoms with Crippen molar-refractivity contribution in [3.8, 4) is 11.3 Å². The second kappa shape index (κ2) is 8.83. The molecule has 0 aliphatic carbocycles. The van der Waals surface area contributed by atoms with E-state index in [4.69, 9.17) is 5.73 Å². The van der Waals surface area contributed by atoms with Gasteiger partial charge in [-0.2, -0.15) is 13.2 Å². The Bertz CT molecular complexity index is 823. The van der Waals surface area contributed by atoms with E-state index >= 15 is 0 Å². The lowest BCUT2D eigenvalue weighted by Crippen LogP contribution is -2.30. The van der Waals surface area contributed by atoms with Gasteiger partial charge in [0, 0.05) is 30.3 Å². The summed E-state index contributed by atoms with van der Waals surface area (Å²) in [6.07, 6.45) is -0.376. The molecule has 1 aliphatic heterocycles. The third-order valence-electron chi connectivity index (χ3n) is 5.64. The van der Waals surface area contributed by atoms with Crippen molar-refractivity contribution in [2.75, 3.05) is 13.1 Å². The first-order valence-electron chi connectivity index (χ1n) is 10.1. The fourth-order valence-corrected chi connectivity index (χ4v) is 3.68. The summed E-state index contributed by atoms with van der Waals surface area (Å²) in [5.74, 6) is 0.173. The van der Waals surface area contributed by atoms with Crippen LogP contribution in [-0.2, 0) is 12.7 Å². The molecule has 160 valence electrons. The van der Waals surface area contributed by atoms with Crippen molar-refractivity contribution in [3.63, 3.8) is 0 Å². The molecule has 1 fully saturated rings. The number of nitrogens with zero attached hydrogens (tertiary/aromatic N) is 2. The molecule has 0 saturated carbocycles. The van der Waals surface area contributed by atoms with Crippen LogP contribution in [0.25, 0.3) is 11.3 Å². The highest BCUT2D eigenvalue weighted by atomic mass is 19.4. The highest BCUT2D eigenvalue weighted by Gasteiger charge is 2.34. The molecule has 3 rings (SSSR count). The summed E-state index contributed by atoms with van der Waals surface area (Å²) in [6.45, 7) is 6.54. The maximum atomic E-state index is 13.7. The molecule has 1 unspecified atom stereocenters. The molecule has 3 N–H and O–H groups in total. The number of rotatable bonds is 6. The van der Waals surface area contributed by atoms with Crippen LogP contribution >= 0.6 is 0 Å². The lowest BCUT2D eigenvalue weighted by molar-refractivity contribution is -0.139. The van der Waals surface area contributed by atoms with Crippen LogP contribution in [0.3, 0.4) is 0 Å². The Kier molecular flexibility index (Phi) is 6.63. The fourth-order valence-electron chi connectivity index (χ4n) is 3.68. The van der Waals surface area contributed by atoms with Crippen molar-refractivity contribution in [3.05, 3.63) is 41.6 Å². The first-order chi connectivity index (χ1) is 13.7. The van der Waals surface area contributed by atoms with Gasteiger partial charge in [0.25, 0.3) is 0 Å². The van der Waals surface area contributed by atoms with E-state index < -0.39 is 17.6 Å². The molecule has 1 aromatic carbocycles. The Morgan fingerprint density at radius 1 is 1.24 bits per heavy atom. The molecule has 4 nitrogen and oxygen atoms in total. The molecule has 1 aliphatic rings. The van der Waals surface area contributed by atoms with Crippen LogP contribution in [0.1, 0.15) is 50.4 Å². The van der Waals surface area contributed by atoms with Gasteiger partial charge in [0.1, 0.15) is 11.6 Å². The van der Waals surface area contributed by atoms with Crippen molar-refractivity contribution in [2.24, 2.45) is 11.7 Å². The topological polar surface area (TPSA) is 55.9 Å². The third kappa shape index (κ3) is 5.17. The minimum Gasteiger partial charge on any atom is -0.334 e. The van der Waals surface area contributed by atoms with Gasteiger partial charge in [-0.3, -0.25) is 0 Å². The number of halogens is 4. The Morgan fingerprint density at radius 3 is 2.55 bits per heavy atom. The van der Waals surface area contributed by atoms with E-state index in [1.165, 1.54) is 6.07 Å². The van der Waals surface area contributed by atoms with Crippen LogP contribution in [0.4, 0.5) is 17.6 Å². The lowest BCUT2D eigenvalue weighted by atomic mass is 9.97. The third-order valence-corrected chi connectivity index (χ3v) is 5.64. The van der Waals surface area contributed by atoms with Gasteiger partial charge in [-0.15, -0.1) is 0 Å². The first kappa shape index (κ1) is 21.8. The minimum atomic E-state index is -4.75. The number of alkyl halides is 3. The lowest BCUT2D eigenvalue weighted by Gasteiger charge is -2.24. The Hall–Kier alpha value is -1.93. The van der Waals surface area contributed by atoms with E-state index in [-0.39, 0.29) is 17.5 Å². The van der Waals surface area contributed by atoms with E-state index in [2.05, 4.69) is 24.1 Å². The van der Waals surface area contributed by atoms with Crippen LogP contribution in [0.2, 0.25) is 0 Å². The second-order valence-corrected chi connectivity index (χ2v) is 8.09. The Labute approximate surface area is 168 Å². The number of imidazole rings is 1. The maximum absolute atomic E-state index is 13.7. The van der Waals surface area contributed by atoms with E-state index in [9.17, 15) is 17.6 Å². The summed E-state index contributed by atoms with van der Waals surface area (Å²) in [4.78, 5) is 4.68. The molecule has 2 aromatic rings. The first-order valence-corrected chi connectivity index (χ1v) is 10.1. The highest BCUT2D eigenvalue weighted by molar-refractivity contribution is 5.60. The van der Waals surface area contributed by atoms with E-state index in [0.29, 0.717) is 18.2 Å². The molecule has 0 radical (unpaired) electrons. The van der Waals surface area contributed by atoms with Gasteiger partial charge in [0.2, 0.25) is 0 Å².